The highest BCUT2D eigenvalue weighted by Gasteiger charge is 2.31. The summed E-state index contributed by atoms with van der Waals surface area (Å²) in [6.07, 6.45) is -3.58. The summed E-state index contributed by atoms with van der Waals surface area (Å²) in [6.45, 7) is 4.82. The van der Waals surface area contributed by atoms with Crippen LogP contribution in [-0.2, 0) is 19.1 Å². The minimum absolute atomic E-state index is 0.180. The monoisotopic (exact) mass is 487 g/mol. The van der Waals surface area contributed by atoms with Gasteiger partial charge in [-0.25, -0.2) is 4.98 Å². The molecule has 0 aliphatic carbocycles. The zero-order chi connectivity index (χ0) is 23.2. The van der Waals surface area contributed by atoms with Crippen molar-refractivity contribution in [1.29, 1.82) is 0 Å². The van der Waals surface area contributed by atoms with Crippen LogP contribution >= 0.6 is 22.7 Å². The number of rotatable bonds is 4. The molecule has 0 spiro atoms. The number of carbonyl (C=O) groups is 1. The Bertz CT molecular complexity index is 1290. The van der Waals surface area contributed by atoms with Crippen LogP contribution in [0.15, 0.2) is 48.5 Å². The summed E-state index contributed by atoms with van der Waals surface area (Å²) in [5.41, 5.74) is 2.45. The summed E-state index contributed by atoms with van der Waals surface area (Å²) in [7, 11) is 0. The Labute approximate surface area is 196 Å². The molecule has 1 N–H and O–H groups in total. The average Bonchev–Trinajstić information content (AvgIpc) is 3.38. The Kier molecular flexibility index (Phi) is 5.72. The number of thiophene rings is 1. The van der Waals surface area contributed by atoms with Crippen molar-refractivity contribution in [3.05, 3.63) is 70.1 Å². The van der Waals surface area contributed by atoms with Crippen molar-refractivity contribution in [2.24, 2.45) is 0 Å². The van der Waals surface area contributed by atoms with Crippen LogP contribution in [0.2, 0.25) is 0 Å². The number of anilines is 1. The third kappa shape index (κ3) is 4.28. The molecule has 0 fully saturated rings. The van der Waals surface area contributed by atoms with Gasteiger partial charge in [0.15, 0.2) is 0 Å². The number of alkyl halides is 3. The van der Waals surface area contributed by atoms with E-state index in [2.05, 4.69) is 17.1 Å². The number of nitrogens with zero attached hydrogens (tertiary/aromatic N) is 2. The Hall–Kier alpha value is -2.75. The quantitative estimate of drug-likeness (QED) is 0.350. The first kappa shape index (κ1) is 22.1. The molecule has 4 nitrogen and oxygen atoms in total. The third-order valence-electron chi connectivity index (χ3n) is 5.79. The van der Waals surface area contributed by atoms with E-state index in [9.17, 15) is 18.0 Å². The fourth-order valence-electron chi connectivity index (χ4n) is 4.01. The fourth-order valence-corrected chi connectivity index (χ4v) is 6.40. The van der Waals surface area contributed by atoms with Gasteiger partial charge in [-0.1, -0.05) is 19.1 Å². The molecule has 1 amide bonds. The van der Waals surface area contributed by atoms with Crippen LogP contribution in [0.25, 0.3) is 20.8 Å². The molecule has 4 aromatic rings. The lowest BCUT2D eigenvalue weighted by Crippen LogP contribution is -2.29. The molecule has 2 aromatic carbocycles. The minimum atomic E-state index is -4.44. The highest BCUT2D eigenvalue weighted by Crippen LogP contribution is 2.45. The van der Waals surface area contributed by atoms with Gasteiger partial charge in [0.25, 0.3) is 5.91 Å². The smallest absolute Gasteiger partial charge is 0.313 e. The average molecular weight is 488 g/mol. The summed E-state index contributed by atoms with van der Waals surface area (Å²) in [6, 6.07) is 12.2. The van der Waals surface area contributed by atoms with E-state index in [0.29, 0.717) is 5.00 Å². The SMILES string of the molecule is CCN1CCc2c(sc(NC(=O)c3ccc(C(F)(F)F)cc3)c2-c2nc3ccccc3s2)C1. The van der Waals surface area contributed by atoms with E-state index in [4.69, 9.17) is 4.98 Å². The van der Waals surface area contributed by atoms with Crippen molar-refractivity contribution in [2.45, 2.75) is 26.1 Å². The highest BCUT2D eigenvalue weighted by atomic mass is 32.1. The van der Waals surface area contributed by atoms with E-state index in [1.54, 1.807) is 11.3 Å². The molecule has 0 radical (unpaired) electrons. The molecule has 1 aliphatic rings. The van der Waals surface area contributed by atoms with Gasteiger partial charge >= 0.3 is 6.18 Å². The lowest BCUT2D eigenvalue weighted by atomic mass is 10.0. The van der Waals surface area contributed by atoms with Crippen LogP contribution in [0.1, 0.15) is 33.3 Å². The third-order valence-corrected chi connectivity index (χ3v) is 7.98. The van der Waals surface area contributed by atoms with Gasteiger partial charge in [0.05, 0.1) is 15.8 Å². The van der Waals surface area contributed by atoms with Crippen molar-refractivity contribution < 1.29 is 18.0 Å². The second kappa shape index (κ2) is 8.55. The maximum absolute atomic E-state index is 13.0. The van der Waals surface area contributed by atoms with E-state index < -0.39 is 17.6 Å². The second-order valence-electron chi connectivity index (χ2n) is 7.84. The van der Waals surface area contributed by atoms with Gasteiger partial charge in [0.2, 0.25) is 0 Å². The van der Waals surface area contributed by atoms with Gasteiger partial charge in [-0.2, -0.15) is 13.2 Å². The molecule has 2 aromatic heterocycles. The number of hydrogen-bond acceptors (Lipinski definition) is 5. The predicted molar refractivity (Wildman–Crippen MR) is 127 cm³/mol. The Morgan fingerprint density at radius 3 is 2.58 bits per heavy atom. The van der Waals surface area contributed by atoms with Gasteiger partial charge in [-0.15, -0.1) is 22.7 Å². The van der Waals surface area contributed by atoms with Gasteiger partial charge in [-0.3, -0.25) is 9.69 Å². The zero-order valence-electron chi connectivity index (χ0n) is 17.7. The lowest BCUT2D eigenvalue weighted by Gasteiger charge is -2.25. The molecule has 1 aliphatic heterocycles. The van der Waals surface area contributed by atoms with Crippen molar-refractivity contribution in [3.63, 3.8) is 0 Å². The topological polar surface area (TPSA) is 45.2 Å². The minimum Gasteiger partial charge on any atom is -0.313 e. The molecule has 9 heteroatoms. The molecular weight excluding hydrogens is 467 g/mol. The molecule has 0 unspecified atom stereocenters. The molecular formula is C24H20F3N3OS2. The Balaban J connectivity index is 1.52. The number of para-hydroxylation sites is 1. The first-order valence-electron chi connectivity index (χ1n) is 10.5. The maximum Gasteiger partial charge on any atom is 0.416 e. The van der Waals surface area contributed by atoms with Crippen molar-refractivity contribution in [2.75, 3.05) is 18.4 Å². The van der Waals surface area contributed by atoms with Gasteiger partial charge in [-0.05, 0) is 54.9 Å². The largest absolute Gasteiger partial charge is 0.416 e. The number of benzene rings is 2. The van der Waals surface area contributed by atoms with Crippen LogP contribution in [0.3, 0.4) is 0 Å². The summed E-state index contributed by atoms with van der Waals surface area (Å²) in [5.74, 6) is -0.433. The summed E-state index contributed by atoms with van der Waals surface area (Å²) in [5, 5.41) is 4.51. The van der Waals surface area contributed by atoms with Crippen LogP contribution in [0.5, 0.6) is 0 Å². The Morgan fingerprint density at radius 1 is 1.12 bits per heavy atom. The number of aromatic nitrogens is 1. The number of carbonyl (C=O) groups excluding carboxylic acids is 1. The van der Waals surface area contributed by atoms with Crippen LogP contribution in [0.4, 0.5) is 18.2 Å². The van der Waals surface area contributed by atoms with Gasteiger partial charge in [0, 0.05) is 29.1 Å². The van der Waals surface area contributed by atoms with E-state index in [1.165, 1.54) is 33.9 Å². The lowest BCUT2D eigenvalue weighted by molar-refractivity contribution is -0.137. The van der Waals surface area contributed by atoms with Crippen molar-refractivity contribution >= 4 is 43.8 Å². The normalized spacial score (nSPS) is 14.4. The van der Waals surface area contributed by atoms with Crippen molar-refractivity contribution in [1.82, 2.24) is 9.88 Å². The number of fused-ring (bicyclic) bond motifs is 2. The van der Waals surface area contributed by atoms with Crippen LogP contribution in [0, 0.1) is 0 Å². The van der Waals surface area contributed by atoms with Crippen LogP contribution < -0.4 is 5.32 Å². The summed E-state index contributed by atoms with van der Waals surface area (Å²) in [4.78, 5) is 21.3. The van der Waals surface area contributed by atoms with Crippen LogP contribution in [-0.4, -0.2) is 28.9 Å². The molecule has 0 bridgehead atoms. The van der Waals surface area contributed by atoms with Gasteiger partial charge in [0.1, 0.15) is 10.0 Å². The van der Waals surface area contributed by atoms with E-state index in [-0.39, 0.29) is 5.56 Å². The molecule has 5 rings (SSSR count). The number of nitrogens with one attached hydrogen (secondary N) is 1. The molecule has 0 saturated carbocycles. The van der Waals surface area contributed by atoms with E-state index in [1.807, 2.05) is 24.3 Å². The van der Waals surface area contributed by atoms with Gasteiger partial charge < -0.3 is 5.32 Å². The summed E-state index contributed by atoms with van der Waals surface area (Å²) >= 11 is 3.11. The number of thiazole rings is 1. The Morgan fingerprint density at radius 2 is 1.88 bits per heavy atom. The van der Waals surface area contributed by atoms with Crippen molar-refractivity contribution in [3.8, 4) is 10.6 Å². The first-order chi connectivity index (χ1) is 15.8. The number of hydrogen-bond donors (Lipinski definition) is 1. The molecule has 33 heavy (non-hydrogen) atoms. The van der Waals surface area contributed by atoms with E-state index in [0.717, 1.165) is 59.0 Å². The first-order valence-corrected chi connectivity index (χ1v) is 12.2. The highest BCUT2D eigenvalue weighted by molar-refractivity contribution is 7.23. The molecule has 0 atom stereocenters. The zero-order valence-corrected chi connectivity index (χ0v) is 19.3. The number of likely N-dealkylation sites (N-methyl/N-ethyl adjacent to an activating group) is 1. The molecule has 3 heterocycles. The van der Waals surface area contributed by atoms with E-state index >= 15 is 0 Å². The second-order valence-corrected chi connectivity index (χ2v) is 9.98. The standard InChI is InChI=1S/C24H20F3N3OS2/c1-2-30-12-11-16-19(13-30)33-23(20(16)22-28-17-5-3-4-6-18(17)32-22)29-21(31)14-7-9-15(10-8-14)24(25,26)27/h3-10H,2,11-13H2,1H3,(H,29,31). The molecule has 170 valence electrons. The predicted octanol–water partition coefficient (Wildman–Crippen LogP) is 6.67. The molecule has 0 saturated heterocycles. The summed E-state index contributed by atoms with van der Waals surface area (Å²) < 4.78 is 39.7. The fraction of sp³-hybridized carbons (Fsp3) is 0.250. The number of amides is 1. The maximum atomic E-state index is 13.0. The number of halogens is 3.